The van der Waals surface area contributed by atoms with E-state index in [9.17, 15) is 0 Å². The maximum atomic E-state index is 6.07. The maximum absolute atomic E-state index is 6.07. The first-order chi connectivity index (χ1) is 14.3. The van der Waals surface area contributed by atoms with E-state index < -0.39 is 8.56 Å². The zero-order valence-electron chi connectivity index (χ0n) is 16.7. The Morgan fingerprint density at radius 3 is 1.03 bits per heavy atom. The lowest BCUT2D eigenvalue weighted by Crippen LogP contribution is -2.62. The molecule has 0 spiro atoms. The fraction of sp³-hybridized carbons (Fsp3) is 0.0769. The summed E-state index contributed by atoms with van der Waals surface area (Å²) in [5, 5.41) is 2.18. The molecule has 0 bridgehead atoms. The second-order valence-corrected chi connectivity index (χ2v) is 10.1. The second-order valence-electron chi connectivity index (χ2n) is 6.91. The summed E-state index contributed by atoms with van der Waals surface area (Å²) in [6.45, 7) is 0. The van der Waals surface area contributed by atoms with Crippen LogP contribution in [0.5, 0.6) is 0 Å². The molecule has 0 fully saturated rings. The fourth-order valence-corrected chi connectivity index (χ4v) is 6.40. The Morgan fingerprint density at radius 1 is 0.414 bits per heavy atom. The number of hydrogen-bond acceptors (Lipinski definition) is 2. The van der Waals surface area contributed by atoms with Crippen LogP contribution in [0.15, 0.2) is 109 Å². The lowest BCUT2D eigenvalue weighted by Gasteiger charge is -2.28. The average Bonchev–Trinajstić information content (AvgIpc) is 2.82. The van der Waals surface area contributed by atoms with E-state index >= 15 is 0 Å². The monoisotopic (exact) mass is 396 g/mol. The van der Waals surface area contributed by atoms with Crippen molar-refractivity contribution in [3.8, 4) is 22.3 Å². The zero-order chi connectivity index (χ0) is 20.1. The fourth-order valence-electron chi connectivity index (χ4n) is 3.75. The van der Waals surface area contributed by atoms with Crippen LogP contribution in [0.1, 0.15) is 0 Å². The summed E-state index contributed by atoms with van der Waals surface area (Å²) in [6, 6.07) is 37.9. The highest BCUT2D eigenvalue weighted by Gasteiger charge is 2.40. The topological polar surface area (TPSA) is 18.5 Å². The molecule has 0 aliphatic rings. The Labute approximate surface area is 173 Å². The van der Waals surface area contributed by atoms with Gasteiger partial charge in [0, 0.05) is 14.2 Å². The summed E-state index contributed by atoms with van der Waals surface area (Å²) in [5.74, 6) is 0. The largest absolute Gasteiger partial charge is 0.406 e. The first-order valence-electron chi connectivity index (χ1n) is 9.69. The molecule has 0 aromatic heterocycles. The van der Waals surface area contributed by atoms with E-state index in [1.165, 1.54) is 22.3 Å². The van der Waals surface area contributed by atoms with E-state index in [0.29, 0.717) is 0 Å². The van der Waals surface area contributed by atoms with Crippen LogP contribution in [0.4, 0.5) is 0 Å². The van der Waals surface area contributed by atoms with Gasteiger partial charge in [0.05, 0.1) is 0 Å². The molecule has 0 N–H and O–H groups in total. The van der Waals surface area contributed by atoms with Crippen molar-refractivity contribution < 1.29 is 8.85 Å². The Hall–Kier alpha value is -2.98. The van der Waals surface area contributed by atoms with Gasteiger partial charge in [-0.05, 0) is 32.6 Å². The second kappa shape index (κ2) is 8.58. The molecule has 0 aliphatic carbocycles. The van der Waals surface area contributed by atoms with Crippen LogP contribution in [-0.4, -0.2) is 22.8 Å². The van der Waals surface area contributed by atoms with Crippen LogP contribution in [0, 0.1) is 0 Å². The van der Waals surface area contributed by atoms with E-state index in [0.717, 1.165) is 10.4 Å². The SMILES string of the molecule is CO[Si](OC)(c1ccc(-c2ccccc2)cc1)c1ccc(-c2ccccc2)cc1. The van der Waals surface area contributed by atoms with Crippen LogP contribution in [-0.2, 0) is 8.85 Å². The van der Waals surface area contributed by atoms with Crippen LogP contribution in [0.25, 0.3) is 22.3 Å². The van der Waals surface area contributed by atoms with Crippen LogP contribution >= 0.6 is 0 Å². The third-order valence-corrected chi connectivity index (χ3v) is 8.66. The van der Waals surface area contributed by atoms with Gasteiger partial charge in [-0.2, -0.15) is 0 Å². The molecule has 2 nitrogen and oxygen atoms in total. The third kappa shape index (κ3) is 3.81. The van der Waals surface area contributed by atoms with E-state index in [4.69, 9.17) is 8.85 Å². The molecule has 0 amide bonds. The zero-order valence-corrected chi connectivity index (χ0v) is 17.7. The predicted molar refractivity (Wildman–Crippen MR) is 123 cm³/mol. The van der Waals surface area contributed by atoms with Crippen LogP contribution in [0.3, 0.4) is 0 Å². The van der Waals surface area contributed by atoms with E-state index in [1.807, 2.05) is 12.1 Å². The van der Waals surface area contributed by atoms with Crippen molar-refractivity contribution in [2.24, 2.45) is 0 Å². The number of rotatable bonds is 6. The molecule has 144 valence electrons. The predicted octanol–water partition coefficient (Wildman–Crippen LogP) is 4.87. The summed E-state index contributed by atoms with van der Waals surface area (Å²) in [4.78, 5) is 0. The van der Waals surface area contributed by atoms with Gasteiger partial charge in [0.2, 0.25) is 0 Å². The minimum Gasteiger partial charge on any atom is -0.391 e. The smallest absolute Gasteiger partial charge is 0.391 e. The highest BCUT2D eigenvalue weighted by molar-refractivity contribution is 6.92. The molecule has 3 heteroatoms. The number of hydrogen-bond donors (Lipinski definition) is 0. The lowest BCUT2D eigenvalue weighted by atomic mass is 10.1. The quantitative estimate of drug-likeness (QED) is 0.433. The maximum Gasteiger partial charge on any atom is 0.406 e. The van der Waals surface area contributed by atoms with Crippen molar-refractivity contribution in [1.82, 2.24) is 0 Å². The third-order valence-electron chi connectivity index (χ3n) is 5.32. The molecule has 0 unspecified atom stereocenters. The minimum absolute atomic E-state index is 1.09. The van der Waals surface area contributed by atoms with Crippen molar-refractivity contribution in [2.75, 3.05) is 14.2 Å². The summed E-state index contributed by atoms with van der Waals surface area (Å²) < 4.78 is 12.1. The Morgan fingerprint density at radius 2 is 0.724 bits per heavy atom. The summed E-state index contributed by atoms with van der Waals surface area (Å²) >= 11 is 0. The molecule has 0 atom stereocenters. The van der Waals surface area contributed by atoms with Gasteiger partial charge >= 0.3 is 8.56 Å². The molecule has 29 heavy (non-hydrogen) atoms. The molecule has 0 saturated carbocycles. The molecule has 0 aliphatic heterocycles. The molecule has 0 heterocycles. The standard InChI is InChI=1S/C26H24O2Si/c1-27-29(28-2,25-17-13-23(14-18-25)21-9-5-3-6-10-21)26-19-15-24(16-20-26)22-11-7-4-8-12-22/h3-20H,1-2H3. The summed E-state index contributed by atoms with van der Waals surface area (Å²) in [7, 11) is 0.741. The first-order valence-corrected chi connectivity index (χ1v) is 11.5. The van der Waals surface area contributed by atoms with Gasteiger partial charge in [-0.1, -0.05) is 109 Å². The average molecular weight is 397 g/mol. The van der Waals surface area contributed by atoms with Gasteiger partial charge in [0.15, 0.2) is 0 Å². The molecule has 0 saturated heterocycles. The highest BCUT2D eigenvalue weighted by atomic mass is 28.4. The van der Waals surface area contributed by atoms with E-state index in [-0.39, 0.29) is 0 Å². The summed E-state index contributed by atoms with van der Waals surface area (Å²) in [6.07, 6.45) is 0. The Bertz CT molecular complexity index is 954. The lowest BCUT2D eigenvalue weighted by molar-refractivity contribution is 0.272. The van der Waals surface area contributed by atoms with Gasteiger partial charge in [-0.15, -0.1) is 0 Å². The molecule has 4 aromatic rings. The van der Waals surface area contributed by atoms with Gasteiger partial charge in [-0.25, -0.2) is 0 Å². The first kappa shape index (κ1) is 19.3. The summed E-state index contributed by atoms with van der Waals surface area (Å²) in [5.41, 5.74) is 4.77. The molecular formula is C26H24O2Si. The highest BCUT2D eigenvalue weighted by Crippen LogP contribution is 2.20. The normalized spacial score (nSPS) is 11.4. The van der Waals surface area contributed by atoms with Crippen molar-refractivity contribution in [3.05, 3.63) is 109 Å². The Kier molecular flexibility index (Phi) is 5.72. The van der Waals surface area contributed by atoms with E-state index in [1.54, 1.807) is 14.2 Å². The van der Waals surface area contributed by atoms with Crippen LogP contribution < -0.4 is 10.4 Å². The number of benzene rings is 4. The van der Waals surface area contributed by atoms with Crippen LogP contribution in [0.2, 0.25) is 0 Å². The van der Waals surface area contributed by atoms with Gasteiger partial charge in [0.25, 0.3) is 0 Å². The molecule has 0 radical (unpaired) electrons. The minimum atomic E-state index is -2.74. The Balaban J connectivity index is 1.69. The van der Waals surface area contributed by atoms with Gasteiger partial charge in [-0.3, -0.25) is 0 Å². The van der Waals surface area contributed by atoms with Crippen molar-refractivity contribution in [1.29, 1.82) is 0 Å². The molecule has 4 aromatic carbocycles. The molecule has 4 rings (SSSR count). The van der Waals surface area contributed by atoms with Crippen molar-refractivity contribution in [2.45, 2.75) is 0 Å². The molecular weight excluding hydrogens is 372 g/mol. The van der Waals surface area contributed by atoms with Gasteiger partial charge in [0.1, 0.15) is 0 Å². The van der Waals surface area contributed by atoms with Crippen molar-refractivity contribution in [3.63, 3.8) is 0 Å². The van der Waals surface area contributed by atoms with Gasteiger partial charge < -0.3 is 8.85 Å². The van der Waals surface area contributed by atoms with Crippen molar-refractivity contribution >= 4 is 18.9 Å². The van der Waals surface area contributed by atoms with E-state index in [2.05, 4.69) is 97.1 Å².